The van der Waals surface area contributed by atoms with Crippen LogP contribution in [0.3, 0.4) is 0 Å². The summed E-state index contributed by atoms with van der Waals surface area (Å²) in [5.41, 5.74) is 0.678. The van der Waals surface area contributed by atoms with Crippen molar-refractivity contribution in [2.45, 2.75) is 58.4 Å². The number of esters is 1. The van der Waals surface area contributed by atoms with Crippen LogP contribution in [0.1, 0.15) is 57.6 Å². The van der Waals surface area contributed by atoms with Gasteiger partial charge in [-0.05, 0) is 75.3 Å². The van der Waals surface area contributed by atoms with E-state index in [0.29, 0.717) is 19.7 Å². The summed E-state index contributed by atoms with van der Waals surface area (Å²) in [7, 11) is 0. The maximum atomic E-state index is 13.7. The molecule has 1 heterocycles. The molecule has 0 N–H and O–H groups in total. The zero-order valence-electron chi connectivity index (χ0n) is 16.2. The van der Waals surface area contributed by atoms with E-state index in [2.05, 4.69) is 4.98 Å². The van der Waals surface area contributed by atoms with Crippen molar-refractivity contribution in [2.75, 3.05) is 13.2 Å². The predicted molar refractivity (Wildman–Crippen MR) is 102 cm³/mol. The molecule has 0 radical (unpaired) electrons. The lowest BCUT2D eigenvalue weighted by molar-refractivity contribution is -0.159. The fourth-order valence-electron chi connectivity index (χ4n) is 6.11. The number of carbonyl (C=O) groups is 2. The Hall–Kier alpha value is -1.91. The van der Waals surface area contributed by atoms with E-state index in [0.717, 1.165) is 42.7 Å². The first-order valence-electron chi connectivity index (χ1n) is 10.4. The first-order chi connectivity index (χ1) is 13.1. The fraction of sp³-hybridized carbons (Fsp3) is 0.682. The highest BCUT2D eigenvalue weighted by atomic mass is 16.5. The molecule has 4 bridgehead atoms. The number of pyridine rings is 1. The van der Waals surface area contributed by atoms with Crippen LogP contribution in [0, 0.1) is 23.2 Å². The summed E-state index contributed by atoms with van der Waals surface area (Å²) in [5, 5.41) is 0. The number of nitrogens with zero attached hydrogens (tertiary/aromatic N) is 2. The van der Waals surface area contributed by atoms with Gasteiger partial charge in [0.05, 0.1) is 30.7 Å². The molecule has 4 aliphatic rings. The molecular weight excluding hydrogens is 340 g/mol. The second kappa shape index (κ2) is 7.61. The Morgan fingerprint density at radius 1 is 1.15 bits per heavy atom. The normalized spacial score (nSPS) is 30.9. The minimum Gasteiger partial charge on any atom is -0.466 e. The van der Waals surface area contributed by atoms with E-state index in [-0.39, 0.29) is 23.7 Å². The SMILES string of the molecule is CCOC(=O)CCN(Cc1ccccn1)C(=O)C12CC3CC(CC(C3)C1)C2. The average molecular weight is 370 g/mol. The van der Waals surface area contributed by atoms with Crippen LogP contribution in [-0.4, -0.2) is 34.9 Å². The van der Waals surface area contributed by atoms with Crippen LogP contribution in [0.5, 0.6) is 0 Å². The monoisotopic (exact) mass is 370 g/mol. The Bertz CT molecular complexity index is 653. The van der Waals surface area contributed by atoms with E-state index < -0.39 is 0 Å². The molecule has 5 nitrogen and oxygen atoms in total. The number of rotatable bonds is 7. The highest BCUT2D eigenvalue weighted by Crippen LogP contribution is 2.60. The predicted octanol–water partition coefficient (Wildman–Crippen LogP) is 3.58. The van der Waals surface area contributed by atoms with Gasteiger partial charge in [0.15, 0.2) is 0 Å². The van der Waals surface area contributed by atoms with Crippen molar-refractivity contribution in [1.29, 1.82) is 0 Å². The lowest BCUT2D eigenvalue weighted by atomic mass is 9.49. The molecule has 4 saturated carbocycles. The van der Waals surface area contributed by atoms with Crippen LogP contribution in [0.25, 0.3) is 0 Å². The van der Waals surface area contributed by atoms with E-state index in [1.54, 1.807) is 6.20 Å². The van der Waals surface area contributed by atoms with E-state index >= 15 is 0 Å². The summed E-state index contributed by atoms with van der Waals surface area (Å²) in [6.45, 7) is 3.07. The molecule has 0 unspecified atom stereocenters. The molecule has 0 saturated heterocycles. The van der Waals surface area contributed by atoms with E-state index in [4.69, 9.17) is 4.74 Å². The van der Waals surface area contributed by atoms with Crippen molar-refractivity contribution < 1.29 is 14.3 Å². The molecular formula is C22H30N2O3. The number of hydrogen-bond donors (Lipinski definition) is 0. The molecule has 4 aliphatic carbocycles. The van der Waals surface area contributed by atoms with Gasteiger partial charge in [-0.25, -0.2) is 0 Å². The van der Waals surface area contributed by atoms with Crippen molar-refractivity contribution in [1.82, 2.24) is 9.88 Å². The zero-order valence-corrected chi connectivity index (χ0v) is 16.2. The third-order valence-corrected chi connectivity index (χ3v) is 6.75. The molecule has 1 amide bonds. The quantitative estimate of drug-likeness (QED) is 0.689. The third kappa shape index (κ3) is 3.87. The van der Waals surface area contributed by atoms with Crippen molar-refractivity contribution >= 4 is 11.9 Å². The van der Waals surface area contributed by atoms with Crippen molar-refractivity contribution in [3.8, 4) is 0 Å². The first-order valence-corrected chi connectivity index (χ1v) is 10.4. The van der Waals surface area contributed by atoms with Gasteiger partial charge in [-0.2, -0.15) is 0 Å². The highest BCUT2D eigenvalue weighted by molar-refractivity contribution is 5.84. The van der Waals surface area contributed by atoms with Crippen LogP contribution >= 0.6 is 0 Å². The Labute approximate surface area is 161 Å². The molecule has 0 spiro atoms. The molecule has 27 heavy (non-hydrogen) atoms. The van der Waals surface area contributed by atoms with Crippen molar-refractivity contribution in [3.63, 3.8) is 0 Å². The molecule has 1 aromatic heterocycles. The van der Waals surface area contributed by atoms with Crippen LogP contribution in [0.2, 0.25) is 0 Å². The van der Waals surface area contributed by atoms with Crippen LogP contribution in [0.4, 0.5) is 0 Å². The highest BCUT2D eigenvalue weighted by Gasteiger charge is 2.55. The lowest BCUT2D eigenvalue weighted by Crippen LogP contribution is -2.54. The molecule has 0 aromatic carbocycles. The second-order valence-electron chi connectivity index (χ2n) is 8.80. The Kier molecular flexibility index (Phi) is 5.20. The molecule has 146 valence electrons. The lowest BCUT2D eigenvalue weighted by Gasteiger charge is -2.56. The van der Waals surface area contributed by atoms with Gasteiger partial charge in [0.1, 0.15) is 0 Å². The van der Waals surface area contributed by atoms with Crippen molar-refractivity contribution in [3.05, 3.63) is 30.1 Å². The number of amides is 1. The zero-order chi connectivity index (χ0) is 18.9. The summed E-state index contributed by atoms with van der Waals surface area (Å²) >= 11 is 0. The van der Waals surface area contributed by atoms with Crippen LogP contribution < -0.4 is 0 Å². The van der Waals surface area contributed by atoms with Gasteiger partial charge in [-0.15, -0.1) is 0 Å². The van der Waals surface area contributed by atoms with Gasteiger partial charge in [-0.3, -0.25) is 14.6 Å². The summed E-state index contributed by atoms with van der Waals surface area (Å²) < 4.78 is 5.08. The van der Waals surface area contributed by atoms with Gasteiger partial charge in [0, 0.05) is 12.7 Å². The van der Waals surface area contributed by atoms with Gasteiger partial charge < -0.3 is 9.64 Å². The number of carbonyl (C=O) groups excluding carboxylic acids is 2. The first kappa shape index (κ1) is 18.5. The number of hydrogen-bond acceptors (Lipinski definition) is 4. The van der Waals surface area contributed by atoms with Gasteiger partial charge >= 0.3 is 5.97 Å². The standard InChI is InChI=1S/C22H30N2O3/c1-2-27-20(25)6-8-24(15-19-5-3-4-7-23-19)21(26)22-12-16-9-17(13-22)11-18(10-16)14-22/h3-5,7,16-18H,2,6,8-15H2,1H3. The maximum absolute atomic E-state index is 13.7. The topological polar surface area (TPSA) is 59.5 Å². The van der Waals surface area contributed by atoms with E-state index in [1.807, 2.05) is 30.0 Å². The summed E-state index contributed by atoms with van der Waals surface area (Å²) in [5.74, 6) is 2.18. The molecule has 0 aliphatic heterocycles. The summed E-state index contributed by atoms with van der Waals surface area (Å²) in [6, 6.07) is 5.78. The largest absolute Gasteiger partial charge is 0.466 e. The van der Waals surface area contributed by atoms with E-state index in [1.165, 1.54) is 19.3 Å². The second-order valence-corrected chi connectivity index (χ2v) is 8.80. The summed E-state index contributed by atoms with van der Waals surface area (Å²) in [6.07, 6.45) is 9.06. The van der Waals surface area contributed by atoms with Crippen molar-refractivity contribution in [2.24, 2.45) is 23.2 Å². The summed E-state index contributed by atoms with van der Waals surface area (Å²) in [4.78, 5) is 31.9. The Balaban J connectivity index is 1.52. The Morgan fingerprint density at radius 2 is 1.81 bits per heavy atom. The maximum Gasteiger partial charge on any atom is 0.307 e. The molecule has 1 aromatic rings. The number of aromatic nitrogens is 1. The minimum absolute atomic E-state index is 0.196. The fourth-order valence-corrected chi connectivity index (χ4v) is 6.11. The van der Waals surface area contributed by atoms with Gasteiger partial charge in [-0.1, -0.05) is 6.07 Å². The van der Waals surface area contributed by atoms with Gasteiger partial charge in [0.2, 0.25) is 5.91 Å². The molecule has 5 heteroatoms. The molecule has 4 fully saturated rings. The number of ether oxygens (including phenoxy) is 1. The average Bonchev–Trinajstić information content (AvgIpc) is 2.64. The third-order valence-electron chi connectivity index (χ3n) is 6.75. The molecule has 0 atom stereocenters. The van der Waals surface area contributed by atoms with Crippen LogP contribution in [-0.2, 0) is 20.9 Å². The van der Waals surface area contributed by atoms with Crippen LogP contribution in [0.15, 0.2) is 24.4 Å². The minimum atomic E-state index is -0.234. The van der Waals surface area contributed by atoms with E-state index in [9.17, 15) is 9.59 Å². The smallest absolute Gasteiger partial charge is 0.307 e. The Morgan fingerprint density at radius 3 is 2.37 bits per heavy atom. The molecule has 5 rings (SSSR count). The van der Waals surface area contributed by atoms with Gasteiger partial charge in [0.25, 0.3) is 0 Å².